The van der Waals surface area contributed by atoms with Crippen LogP contribution in [0.15, 0.2) is 60.7 Å². The number of H-pyrrole nitrogens is 1. The lowest BCUT2D eigenvalue weighted by atomic mass is 10.1. The molecule has 0 bridgehead atoms. The van der Waals surface area contributed by atoms with Gasteiger partial charge in [-0.05, 0) is 54.6 Å². The largest absolute Gasteiger partial charge is 0.382 e. The van der Waals surface area contributed by atoms with Gasteiger partial charge in [-0.3, -0.25) is 14.7 Å². The lowest BCUT2D eigenvalue weighted by Gasteiger charge is -2.06. The number of hydrogen-bond donors (Lipinski definition) is 3. The smallest absolute Gasteiger partial charge is 0.278 e. The van der Waals surface area contributed by atoms with Gasteiger partial charge in [0.1, 0.15) is 11.6 Å². The number of benzene rings is 3. The summed E-state index contributed by atoms with van der Waals surface area (Å²) in [5.74, 6) is -1.87. The van der Waals surface area contributed by atoms with Crippen LogP contribution in [0.25, 0.3) is 21.8 Å². The van der Waals surface area contributed by atoms with Crippen molar-refractivity contribution < 1.29 is 18.4 Å². The van der Waals surface area contributed by atoms with Gasteiger partial charge in [-0.25, -0.2) is 8.78 Å². The van der Waals surface area contributed by atoms with Gasteiger partial charge in [-0.2, -0.15) is 9.78 Å². The summed E-state index contributed by atoms with van der Waals surface area (Å²) >= 11 is 0. The second-order valence-corrected chi connectivity index (χ2v) is 7.06. The van der Waals surface area contributed by atoms with E-state index in [1.165, 1.54) is 54.6 Å². The van der Waals surface area contributed by atoms with Gasteiger partial charge in [-0.15, -0.1) is 5.10 Å². The Labute approximate surface area is 178 Å². The Morgan fingerprint density at radius 2 is 1.66 bits per heavy atom. The van der Waals surface area contributed by atoms with Crippen LogP contribution in [-0.2, 0) is 0 Å². The standard InChI is InChI=1S/C22H14F2N6O2/c23-13-4-6-17-15(9-13)20(28-27-17)26-21(31)11-2-1-3-12(8-11)22(32)30-18-7-5-14(24)10-16(18)19(25)29-30/h1-10H,(H2,25,29)(H2,26,27,28,31). The number of aromatic nitrogens is 4. The highest BCUT2D eigenvalue weighted by atomic mass is 19.1. The number of aromatic amines is 1. The first-order valence-electron chi connectivity index (χ1n) is 9.44. The lowest BCUT2D eigenvalue weighted by molar-refractivity contribution is 0.0950. The number of halogens is 2. The van der Waals surface area contributed by atoms with Crippen LogP contribution in [0, 0.1) is 11.6 Å². The van der Waals surface area contributed by atoms with Gasteiger partial charge in [-0.1, -0.05) is 6.07 Å². The second-order valence-electron chi connectivity index (χ2n) is 7.06. The molecule has 4 N–H and O–H groups in total. The fraction of sp³-hybridized carbons (Fsp3) is 0. The number of nitrogens with zero attached hydrogens (tertiary/aromatic N) is 3. The summed E-state index contributed by atoms with van der Waals surface area (Å²) in [6.07, 6.45) is 0. The molecule has 0 atom stereocenters. The summed E-state index contributed by atoms with van der Waals surface area (Å²) in [6, 6.07) is 13.8. The van der Waals surface area contributed by atoms with Crippen LogP contribution in [0.3, 0.4) is 0 Å². The van der Waals surface area contributed by atoms with Crippen LogP contribution in [0.5, 0.6) is 0 Å². The van der Waals surface area contributed by atoms with Crippen LogP contribution in [0.4, 0.5) is 20.4 Å². The topological polar surface area (TPSA) is 119 Å². The molecule has 1 amide bonds. The zero-order valence-electron chi connectivity index (χ0n) is 16.3. The molecule has 0 unspecified atom stereocenters. The summed E-state index contributed by atoms with van der Waals surface area (Å²) in [4.78, 5) is 25.8. The Kier molecular flexibility index (Phi) is 4.40. The molecular weight excluding hydrogens is 418 g/mol. The Morgan fingerprint density at radius 1 is 0.938 bits per heavy atom. The summed E-state index contributed by atoms with van der Waals surface area (Å²) in [6.45, 7) is 0. The zero-order valence-corrected chi connectivity index (χ0v) is 16.3. The van der Waals surface area contributed by atoms with Crippen molar-refractivity contribution in [2.24, 2.45) is 0 Å². The number of nitrogen functional groups attached to an aromatic ring is 1. The summed E-state index contributed by atoms with van der Waals surface area (Å²) < 4.78 is 28.1. The highest BCUT2D eigenvalue weighted by molar-refractivity contribution is 6.10. The number of carbonyl (C=O) groups is 2. The number of nitrogens with two attached hydrogens (primary N) is 1. The first kappa shape index (κ1) is 19.4. The van der Waals surface area contributed by atoms with Crippen LogP contribution in [0.1, 0.15) is 20.7 Å². The molecule has 2 heterocycles. The van der Waals surface area contributed by atoms with E-state index in [2.05, 4.69) is 20.6 Å². The number of rotatable bonds is 3. The second kappa shape index (κ2) is 7.27. The fourth-order valence-corrected chi connectivity index (χ4v) is 3.45. The molecule has 0 saturated carbocycles. The van der Waals surface area contributed by atoms with Crippen LogP contribution in [0.2, 0.25) is 0 Å². The molecule has 0 saturated heterocycles. The van der Waals surface area contributed by atoms with Gasteiger partial charge < -0.3 is 11.1 Å². The third kappa shape index (κ3) is 3.23. The van der Waals surface area contributed by atoms with Crippen molar-refractivity contribution in [1.29, 1.82) is 0 Å². The first-order valence-corrected chi connectivity index (χ1v) is 9.44. The van der Waals surface area contributed by atoms with E-state index in [9.17, 15) is 18.4 Å². The zero-order chi connectivity index (χ0) is 22.4. The normalized spacial score (nSPS) is 11.2. The Morgan fingerprint density at radius 3 is 2.47 bits per heavy atom. The number of nitrogens with one attached hydrogen (secondary N) is 2. The molecule has 0 aliphatic heterocycles. The van der Waals surface area contributed by atoms with Crippen LogP contribution in [-0.4, -0.2) is 31.8 Å². The summed E-state index contributed by atoms with van der Waals surface area (Å²) in [5, 5.41) is 14.1. The van der Waals surface area contributed by atoms with E-state index in [0.717, 1.165) is 4.68 Å². The van der Waals surface area contributed by atoms with E-state index in [0.29, 0.717) is 21.8 Å². The average molecular weight is 432 g/mol. The van der Waals surface area contributed by atoms with Crippen molar-refractivity contribution in [2.45, 2.75) is 0 Å². The minimum Gasteiger partial charge on any atom is -0.382 e. The third-order valence-corrected chi connectivity index (χ3v) is 4.99. The van der Waals surface area contributed by atoms with Crippen molar-refractivity contribution in [1.82, 2.24) is 20.0 Å². The SMILES string of the molecule is Nc1nn(C(=O)c2cccc(C(=O)Nc3n[nH]c4ccc(F)cc34)c2)c2ccc(F)cc12. The average Bonchev–Trinajstić information content (AvgIpc) is 3.33. The molecule has 32 heavy (non-hydrogen) atoms. The van der Waals surface area contributed by atoms with Crippen molar-refractivity contribution in [2.75, 3.05) is 11.1 Å². The van der Waals surface area contributed by atoms with E-state index < -0.39 is 23.4 Å². The number of anilines is 2. The predicted octanol–water partition coefficient (Wildman–Crippen LogP) is 3.71. The first-order chi connectivity index (χ1) is 15.4. The van der Waals surface area contributed by atoms with Gasteiger partial charge in [0.25, 0.3) is 11.8 Å². The van der Waals surface area contributed by atoms with E-state index in [1.54, 1.807) is 6.07 Å². The molecule has 0 aliphatic carbocycles. The van der Waals surface area contributed by atoms with E-state index >= 15 is 0 Å². The van der Waals surface area contributed by atoms with Gasteiger partial charge in [0.2, 0.25) is 0 Å². The van der Waals surface area contributed by atoms with E-state index in [-0.39, 0.29) is 22.8 Å². The fourth-order valence-electron chi connectivity index (χ4n) is 3.45. The summed E-state index contributed by atoms with van der Waals surface area (Å²) in [5.41, 5.74) is 7.07. The van der Waals surface area contributed by atoms with Crippen molar-refractivity contribution in [3.05, 3.63) is 83.4 Å². The third-order valence-electron chi connectivity index (χ3n) is 4.99. The van der Waals surface area contributed by atoms with E-state index in [4.69, 9.17) is 5.73 Å². The van der Waals surface area contributed by atoms with Crippen molar-refractivity contribution in [3.63, 3.8) is 0 Å². The maximum atomic E-state index is 13.6. The number of hydrogen-bond acceptors (Lipinski definition) is 5. The van der Waals surface area contributed by atoms with Crippen molar-refractivity contribution >= 4 is 45.3 Å². The molecule has 10 heteroatoms. The molecule has 0 spiro atoms. The summed E-state index contributed by atoms with van der Waals surface area (Å²) in [7, 11) is 0. The van der Waals surface area contributed by atoms with Gasteiger partial charge in [0.05, 0.1) is 11.0 Å². The molecule has 3 aromatic carbocycles. The molecule has 0 fully saturated rings. The molecule has 5 rings (SSSR count). The van der Waals surface area contributed by atoms with Gasteiger partial charge >= 0.3 is 0 Å². The molecule has 5 aromatic rings. The van der Waals surface area contributed by atoms with Gasteiger partial charge in [0, 0.05) is 21.9 Å². The minimum atomic E-state index is -0.541. The highest BCUT2D eigenvalue weighted by Gasteiger charge is 2.18. The number of carbonyl (C=O) groups excluding carboxylic acids is 2. The quantitative estimate of drug-likeness (QED) is 0.402. The molecule has 158 valence electrons. The molecule has 0 radical (unpaired) electrons. The van der Waals surface area contributed by atoms with Crippen LogP contribution < -0.4 is 11.1 Å². The molecule has 0 aliphatic rings. The maximum absolute atomic E-state index is 13.6. The van der Waals surface area contributed by atoms with E-state index in [1.807, 2.05) is 0 Å². The highest BCUT2D eigenvalue weighted by Crippen LogP contribution is 2.24. The Hall–Kier alpha value is -4.60. The number of fused-ring (bicyclic) bond motifs is 2. The lowest BCUT2D eigenvalue weighted by Crippen LogP contribution is -2.16. The molecule has 8 nitrogen and oxygen atoms in total. The monoisotopic (exact) mass is 432 g/mol. The maximum Gasteiger partial charge on any atom is 0.278 e. The minimum absolute atomic E-state index is 0.0133. The molecule has 2 aromatic heterocycles. The Balaban J connectivity index is 1.46. The Bertz CT molecular complexity index is 1540. The number of amides is 1. The molecular formula is C22H14F2N6O2. The van der Waals surface area contributed by atoms with Crippen molar-refractivity contribution in [3.8, 4) is 0 Å². The van der Waals surface area contributed by atoms with Gasteiger partial charge in [0.15, 0.2) is 11.6 Å². The predicted molar refractivity (Wildman–Crippen MR) is 114 cm³/mol. The van der Waals surface area contributed by atoms with Crippen LogP contribution >= 0.6 is 0 Å².